The number of phenols is 1. The number of hydrogen-bond acceptors (Lipinski definition) is 5. The van der Waals surface area contributed by atoms with E-state index in [-0.39, 0.29) is 22.2 Å². The molecule has 1 aliphatic rings. The van der Waals surface area contributed by atoms with Crippen LogP contribution in [0.5, 0.6) is 11.5 Å². The number of carbonyl (C=O) groups excluding carboxylic acids is 2. The van der Waals surface area contributed by atoms with Gasteiger partial charge in [-0.1, -0.05) is 36.4 Å². The third-order valence-corrected chi connectivity index (χ3v) is 6.13. The van der Waals surface area contributed by atoms with Gasteiger partial charge in [0.1, 0.15) is 5.57 Å². The van der Waals surface area contributed by atoms with E-state index in [9.17, 15) is 14.7 Å². The zero-order valence-corrected chi connectivity index (χ0v) is 20.5. The van der Waals surface area contributed by atoms with E-state index < -0.39 is 11.8 Å². The number of amides is 2. The minimum Gasteiger partial charge on any atom is -0.504 e. The van der Waals surface area contributed by atoms with Crippen molar-refractivity contribution in [2.75, 3.05) is 16.4 Å². The molecule has 0 bridgehead atoms. The smallest absolute Gasteiger partial charge is 0.270 e. The van der Waals surface area contributed by atoms with Gasteiger partial charge in [-0.2, -0.15) is 0 Å². The van der Waals surface area contributed by atoms with Crippen LogP contribution in [-0.2, 0) is 9.59 Å². The average molecular weight is 570 g/mol. The highest BCUT2D eigenvalue weighted by atomic mass is 127. The van der Waals surface area contributed by atoms with Crippen molar-refractivity contribution in [3.63, 3.8) is 0 Å². The van der Waals surface area contributed by atoms with Gasteiger partial charge >= 0.3 is 0 Å². The van der Waals surface area contributed by atoms with Gasteiger partial charge in [-0.15, -0.1) is 0 Å². The fraction of sp³-hybridized carbons (Fsp3) is 0.0800. The van der Waals surface area contributed by atoms with Gasteiger partial charge < -0.3 is 9.84 Å². The molecule has 0 spiro atoms. The lowest BCUT2D eigenvalue weighted by Crippen LogP contribution is -2.56. The molecule has 3 aromatic carbocycles. The summed E-state index contributed by atoms with van der Waals surface area (Å²) in [5, 5.41) is 10.3. The first-order valence-electron chi connectivity index (χ1n) is 10.1. The van der Waals surface area contributed by atoms with E-state index in [0.29, 0.717) is 27.1 Å². The molecular weight excluding hydrogens is 551 g/mol. The Morgan fingerprint density at radius 3 is 1.94 bits per heavy atom. The number of benzene rings is 3. The molecule has 2 amide bonds. The fourth-order valence-electron chi connectivity index (χ4n) is 3.45. The van der Waals surface area contributed by atoms with Crippen LogP contribution in [0.25, 0.3) is 6.08 Å². The summed E-state index contributed by atoms with van der Waals surface area (Å²) in [6, 6.07) is 21.2. The van der Waals surface area contributed by atoms with Crippen LogP contribution in [0.15, 0.2) is 78.4 Å². The highest BCUT2D eigenvalue weighted by molar-refractivity contribution is 14.1. The topological polar surface area (TPSA) is 70.1 Å². The van der Waals surface area contributed by atoms with Gasteiger partial charge in [0, 0.05) is 0 Å². The number of carbonyl (C=O) groups is 2. The molecule has 0 unspecified atom stereocenters. The second-order valence-electron chi connectivity index (χ2n) is 7.08. The molecule has 0 aromatic heterocycles. The van der Waals surface area contributed by atoms with Gasteiger partial charge in [-0.3, -0.25) is 19.4 Å². The lowest BCUT2D eigenvalue weighted by Gasteiger charge is -2.36. The Bertz CT molecular complexity index is 1200. The molecule has 6 nitrogen and oxygen atoms in total. The Morgan fingerprint density at radius 1 is 0.939 bits per heavy atom. The van der Waals surface area contributed by atoms with Crippen LogP contribution in [-0.4, -0.2) is 28.6 Å². The molecule has 0 saturated carbocycles. The molecule has 33 heavy (non-hydrogen) atoms. The SMILES string of the molecule is CCOc1cc(C=C2C(=O)N(c3ccccc3)C(=S)N(c3ccccc3)C2=O)cc(I)c1O. The van der Waals surface area contributed by atoms with Crippen LogP contribution in [0, 0.1) is 3.57 Å². The minimum atomic E-state index is -0.524. The van der Waals surface area contributed by atoms with Crippen LogP contribution in [0.3, 0.4) is 0 Å². The predicted molar refractivity (Wildman–Crippen MR) is 140 cm³/mol. The van der Waals surface area contributed by atoms with Crippen molar-refractivity contribution < 1.29 is 19.4 Å². The second-order valence-corrected chi connectivity index (χ2v) is 8.60. The van der Waals surface area contributed by atoms with Crippen molar-refractivity contribution in [3.8, 4) is 11.5 Å². The zero-order chi connectivity index (χ0) is 23.5. The lowest BCUT2D eigenvalue weighted by atomic mass is 10.0. The number of anilines is 2. The van der Waals surface area contributed by atoms with Crippen LogP contribution in [0.2, 0.25) is 0 Å². The number of phenolic OH excluding ortho intramolecular Hbond substituents is 1. The van der Waals surface area contributed by atoms with Gasteiger partial charge in [0.25, 0.3) is 11.8 Å². The van der Waals surface area contributed by atoms with Crippen molar-refractivity contribution in [1.29, 1.82) is 0 Å². The fourth-order valence-corrected chi connectivity index (χ4v) is 4.45. The summed E-state index contributed by atoms with van der Waals surface area (Å²) in [5.41, 5.74) is 1.61. The highest BCUT2D eigenvalue weighted by Crippen LogP contribution is 2.35. The first-order chi connectivity index (χ1) is 15.9. The van der Waals surface area contributed by atoms with Crippen LogP contribution in [0.4, 0.5) is 11.4 Å². The monoisotopic (exact) mass is 570 g/mol. The van der Waals surface area contributed by atoms with Crippen molar-refractivity contribution >= 4 is 69.2 Å². The van der Waals surface area contributed by atoms with Gasteiger partial charge in [-0.05, 0) is 89.8 Å². The molecule has 4 rings (SSSR count). The number of halogens is 1. The van der Waals surface area contributed by atoms with E-state index >= 15 is 0 Å². The Morgan fingerprint density at radius 2 is 1.45 bits per heavy atom. The van der Waals surface area contributed by atoms with E-state index in [1.807, 2.05) is 41.6 Å². The number of aromatic hydroxyl groups is 1. The van der Waals surface area contributed by atoms with Gasteiger partial charge in [0.2, 0.25) is 0 Å². The van der Waals surface area contributed by atoms with Crippen LogP contribution in [0.1, 0.15) is 12.5 Å². The molecule has 8 heteroatoms. The minimum absolute atomic E-state index is 0.0129. The molecule has 1 heterocycles. The molecule has 0 aliphatic carbocycles. The third-order valence-electron chi connectivity index (χ3n) is 4.94. The van der Waals surface area contributed by atoms with Crippen molar-refractivity contribution in [2.45, 2.75) is 6.92 Å². The number of ether oxygens (including phenoxy) is 1. The summed E-state index contributed by atoms with van der Waals surface area (Å²) in [6.07, 6.45) is 1.50. The van der Waals surface area contributed by atoms with Gasteiger partial charge in [0.15, 0.2) is 16.6 Å². The Kier molecular flexibility index (Phi) is 6.75. The van der Waals surface area contributed by atoms with E-state index in [2.05, 4.69) is 0 Å². The first-order valence-corrected chi connectivity index (χ1v) is 11.6. The zero-order valence-electron chi connectivity index (χ0n) is 17.6. The van der Waals surface area contributed by atoms with E-state index in [1.54, 1.807) is 60.7 Å². The standard InChI is InChI=1S/C25H19IN2O4S/c1-2-32-21-15-16(14-20(26)22(21)29)13-19-23(30)27(17-9-5-3-6-10-17)25(33)28(24(19)31)18-11-7-4-8-12-18/h3-15,29H,2H2,1H3. The van der Waals surface area contributed by atoms with Crippen molar-refractivity contribution in [1.82, 2.24) is 0 Å². The summed E-state index contributed by atoms with van der Waals surface area (Å²) in [4.78, 5) is 29.8. The molecular formula is C25H19IN2O4S. The Hall–Kier alpha value is -3.24. The molecule has 1 saturated heterocycles. The summed E-state index contributed by atoms with van der Waals surface area (Å²) in [7, 11) is 0. The first kappa shape index (κ1) is 22.9. The number of rotatable bonds is 5. The van der Waals surface area contributed by atoms with Crippen molar-refractivity contribution in [2.24, 2.45) is 0 Å². The number of thiocarbonyl (C=S) groups is 1. The largest absolute Gasteiger partial charge is 0.504 e. The summed E-state index contributed by atoms with van der Waals surface area (Å²) in [6.45, 7) is 2.17. The molecule has 1 aliphatic heterocycles. The van der Waals surface area contributed by atoms with E-state index in [1.165, 1.54) is 15.9 Å². The Balaban J connectivity index is 1.87. The highest BCUT2D eigenvalue weighted by Gasteiger charge is 2.41. The van der Waals surface area contributed by atoms with Crippen LogP contribution < -0.4 is 14.5 Å². The number of hydrogen-bond donors (Lipinski definition) is 1. The lowest BCUT2D eigenvalue weighted by molar-refractivity contribution is -0.120. The van der Waals surface area contributed by atoms with Gasteiger partial charge in [-0.25, -0.2) is 0 Å². The van der Waals surface area contributed by atoms with Gasteiger partial charge in [0.05, 0.1) is 21.6 Å². The Labute approximate surface area is 210 Å². The third kappa shape index (κ3) is 4.49. The number of para-hydroxylation sites is 2. The second kappa shape index (κ2) is 9.72. The number of nitrogens with zero attached hydrogens (tertiary/aromatic N) is 2. The van der Waals surface area contributed by atoms with Crippen LogP contribution >= 0.6 is 34.8 Å². The normalized spacial score (nSPS) is 14.0. The summed E-state index contributed by atoms with van der Waals surface area (Å²) in [5.74, 6) is -0.755. The quantitative estimate of drug-likeness (QED) is 0.199. The van der Waals surface area contributed by atoms with E-state index in [4.69, 9.17) is 17.0 Å². The predicted octanol–water partition coefficient (Wildman–Crippen LogP) is 5.14. The molecule has 0 atom stereocenters. The maximum atomic E-state index is 13.5. The molecule has 3 aromatic rings. The average Bonchev–Trinajstić information content (AvgIpc) is 2.81. The maximum absolute atomic E-state index is 13.5. The molecule has 1 N–H and O–H groups in total. The molecule has 1 fully saturated rings. The summed E-state index contributed by atoms with van der Waals surface area (Å²) >= 11 is 7.59. The van der Waals surface area contributed by atoms with E-state index in [0.717, 1.165) is 0 Å². The molecule has 0 radical (unpaired) electrons. The van der Waals surface area contributed by atoms with Crippen molar-refractivity contribution in [3.05, 3.63) is 87.5 Å². The molecule has 166 valence electrons. The maximum Gasteiger partial charge on any atom is 0.270 e. The summed E-state index contributed by atoms with van der Waals surface area (Å²) < 4.78 is 6.04.